The third-order valence-electron chi connectivity index (χ3n) is 2.13. The van der Waals surface area contributed by atoms with Gasteiger partial charge in [0, 0.05) is 11.6 Å². The van der Waals surface area contributed by atoms with E-state index < -0.39 is 0 Å². The van der Waals surface area contributed by atoms with E-state index in [1.54, 1.807) is 6.07 Å². The number of nitrogens with two attached hydrogens (primary N) is 1. The van der Waals surface area contributed by atoms with Crippen molar-refractivity contribution in [3.8, 4) is 11.3 Å². The van der Waals surface area contributed by atoms with Gasteiger partial charge in [0.15, 0.2) is 0 Å². The van der Waals surface area contributed by atoms with E-state index in [1.165, 1.54) is 0 Å². The molecular weight excluding hydrogens is 245 g/mol. The van der Waals surface area contributed by atoms with Gasteiger partial charge in [0.1, 0.15) is 5.15 Å². The minimum atomic E-state index is 0. The molecular formula is C11H11Cl2N3. The lowest BCUT2D eigenvalue weighted by Gasteiger charge is -2.05. The molecule has 0 bridgehead atoms. The van der Waals surface area contributed by atoms with Gasteiger partial charge >= 0.3 is 0 Å². The number of hydrogen-bond donors (Lipinski definition) is 1. The normalized spacial score (nSPS) is 9.62. The standard InChI is InChI=1S/C11H10ClN3.ClH/c1-7-4-2-3-5-8(7)9-6-10(12)15-11(13)14-9;/h2-6H,1H3,(H2,13,14,15);1H. The maximum atomic E-state index is 5.82. The Morgan fingerprint density at radius 3 is 2.50 bits per heavy atom. The van der Waals surface area contributed by atoms with E-state index in [9.17, 15) is 0 Å². The number of rotatable bonds is 1. The number of nitrogens with zero attached hydrogens (tertiary/aromatic N) is 2. The first-order valence-corrected chi connectivity index (χ1v) is 4.90. The fourth-order valence-electron chi connectivity index (χ4n) is 1.43. The minimum absolute atomic E-state index is 0. The highest BCUT2D eigenvalue weighted by molar-refractivity contribution is 6.29. The molecule has 2 N–H and O–H groups in total. The van der Waals surface area contributed by atoms with Gasteiger partial charge in [0.05, 0.1) is 5.69 Å². The second-order valence-electron chi connectivity index (χ2n) is 3.25. The molecule has 0 unspecified atom stereocenters. The Bertz CT molecular complexity index is 480. The summed E-state index contributed by atoms with van der Waals surface area (Å²) in [4.78, 5) is 7.97. The van der Waals surface area contributed by atoms with Crippen LogP contribution in [-0.2, 0) is 0 Å². The summed E-state index contributed by atoms with van der Waals surface area (Å²) >= 11 is 5.82. The molecule has 1 heterocycles. The highest BCUT2D eigenvalue weighted by atomic mass is 35.5. The smallest absolute Gasteiger partial charge is 0.221 e. The fourth-order valence-corrected chi connectivity index (χ4v) is 1.62. The number of halogens is 2. The summed E-state index contributed by atoms with van der Waals surface area (Å²) in [5.74, 6) is 0.195. The lowest BCUT2D eigenvalue weighted by atomic mass is 10.1. The third kappa shape index (κ3) is 2.62. The Kier molecular flexibility index (Phi) is 4.10. The lowest BCUT2D eigenvalue weighted by Crippen LogP contribution is -1.97. The average Bonchev–Trinajstić information content (AvgIpc) is 2.16. The summed E-state index contributed by atoms with van der Waals surface area (Å²) < 4.78 is 0. The van der Waals surface area contributed by atoms with Gasteiger partial charge in [-0.05, 0) is 12.5 Å². The predicted molar refractivity (Wildman–Crippen MR) is 68.9 cm³/mol. The average molecular weight is 256 g/mol. The Morgan fingerprint density at radius 1 is 1.19 bits per heavy atom. The van der Waals surface area contributed by atoms with Crippen molar-refractivity contribution in [3.63, 3.8) is 0 Å². The first kappa shape index (κ1) is 12.7. The summed E-state index contributed by atoms with van der Waals surface area (Å²) in [6.07, 6.45) is 0. The summed E-state index contributed by atoms with van der Waals surface area (Å²) in [6.45, 7) is 2.02. The summed E-state index contributed by atoms with van der Waals surface area (Å²) in [5.41, 5.74) is 8.45. The number of benzene rings is 1. The highest BCUT2D eigenvalue weighted by Crippen LogP contribution is 2.23. The number of nitrogen functional groups attached to an aromatic ring is 1. The molecule has 0 amide bonds. The van der Waals surface area contributed by atoms with Gasteiger partial charge in [0.2, 0.25) is 5.95 Å². The van der Waals surface area contributed by atoms with Crippen molar-refractivity contribution >= 4 is 30.0 Å². The van der Waals surface area contributed by atoms with Crippen LogP contribution in [-0.4, -0.2) is 9.97 Å². The number of hydrogen-bond acceptors (Lipinski definition) is 3. The van der Waals surface area contributed by atoms with Crippen LogP contribution < -0.4 is 5.73 Å². The third-order valence-corrected chi connectivity index (χ3v) is 2.33. The van der Waals surface area contributed by atoms with Gasteiger partial charge in [-0.1, -0.05) is 35.9 Å². The predicted octanol–water partition coefficient (Wildman–Crippen LogP) is 3.11. The Morgan fingerprint density at radius 2 is 1.88 bits per heavy atom. The molecule has 0 radical (unpaired) electrons. The molecule has 0 aliphatic carbocycles. The van der Waals surface area contributed by atoms with Gasteiger partial charge in [-0.25, -0.2) is 9.97 Å². The van der Waals surface area contributed by atoms with Crippen LogP contribution in [0.4, 0.5) is 5.95 Å². The van der Waals surface area contributed by atoms with Crippen molar-refractivity contribution in [2.75, 3.05) is 5.73 Å². The molecule has 0 aliphatic heterocycles. The molecule has 1 aromatic carbocycles. The van der Waals surface area contributed by atoms with Gasteiger partial charge in [0.25, 0.3) is 0 Å². The molecule has 2 rings (SSSR count). The van der Waals surface area contributed by atoms with E-state index >= 15 is 0 Å². The van der Waals surface area contributed by atoms with Crippen molar-refractivity contribution in [1.82, 2.24) is 9.97 Å². The van der Waals surface area contributed by atoms with Crippen LogP contribution in [0, 0.1) is 6.92 Å². The number of anilines is 1. The largest absolute Gasteiger partial charge is 0.368 e. The zero-order valence-electron chi connectivity index (χ0n) is 8.64. The van der Waals surface area contributed by atoms with Crippen LogP contribution in [0.3, 0.4) is 0 Å². The van der Waals surface area contributed by atoms with E-state index in [2.05, 4.69) is 9.97 Å². The monoisotopic (exact) mass is 255 g/mol. The zero-order chi connectivity index (χ0) is 10.8. The molecule has 0 saturated carbocycles. The Labute approximate surface area is 105 Å². The molecule has 0 saturated heterocycles. The second kappa shape index (κ2) is 5.14. The SMILES string of the molecule is Cc1ccccc1-c1cc(Cl)nc(N)n1.Cl. The fraction of sp³-hybridized carbons (Fsp3) is 0.0909. The summed E-state index contributed by atoms with van der Waals surface area (Å²) in [5, 5.41) is 0.362. The van der Waals surface area contributed by atoms with Crippen LogP contribution >= 0.6 is 24.0 Å². The summed E-state index contributed by atoms with van der Waals surface area (Å²) in [6, 6.07) is 9.63. The lowest BCUT2D eigenvalue weighted by molar-refractivity contribution is 1.18. The van der Waals surface area contributed by atoms with Crippen molar-refractivity contribution in [1.29, 1.82) is 0 Å². The number of aromatic nitrogens is 2. The topological polar surface area (TPSA) is 51.8 Å². The maximum absolute atomic E-state index is 5.82. The molecule has 16 heavy (non-hydrogen) atoms. The molecule has 84 valence electrons. The van der Waals surface area contributed by atoms with Crippen molar-refractivity contribution < 1.29 is 0 Å². The van der Waals surface area contributed by atoms with Crippen LogP contribution in [0.25, 0.3) is 11.3 Å². The first-order chi connectivity index (χ1) is 7.16. The molecule has 3 nitrogen and oxygen atoms in total. The van der Waals surface area contributed by atoms with Crippen LogP contribution in [0.15, 0.2) is 30.3 Å². The molecule has 1 aromatic heterocycles. The van der Waals surface area contributed by atoms with Gasteiger partial charge < -0.3 is 5.73 Å². The van der Waals surface area contributed by atoms with Gasteiger partial charge in [-0.15, -0.1) is 12.4 Å². The van der Waals surface area contributed by atoms with Crippen LogP contribution in [0.5, 0.6) is 0 Å². The van der Waals surface area contributed by atoms with E-state index in [4.69, 9.17) is 17.3 Å². The van der Waals surface area contributed by atoms with E-state index in [-0.39, 0.29) is 18.4 Å². The summed E-state index contributed by atoms with van der Waals surface area (Å²) in [7, 11) is 0. The van der Waals surface area contributed by atoms with Crippen molar-refractivity contribution in [3.05, 3.63) is 41.0 Å². The minimum Gasteiger partial charge on any atom is -0.368 e. The molecule has 0 spiro atoms. The first-order valence-electron chi connectivity index (χ1n) is 4.53. The van der Waals surface area contributed by atoms with Gasteiger partial charge in [-0.2, -0.15) is 0 Å². The molecule has 2 aromatic rings. The van der Waals surface area contributed by atoms with Crippen LogP contribution in [0.1, 0.15) is 5.56 Å². The van der Waals surface area contributed by atoms with E-state index in [0.717, 1.165) is 16.8 Å². The Hall–Kier alpha value is -1.32. The second-order valence-corrected chi connectivity index (χ2v) is 3.64. The van der Waals surface area contributed by atoms with E-state index in [0.29, 0.717) is 5.15 Å². The molecule has 0 fully saturated rings. The van der Waals surface area contributed by atoms with E-state index in [1.807, 2.05) is 31.2 Å². The van der Waals surface area contributed by atoms with Crippen LogP contribution in [0.2, 0.25) is 5.15 Å². The highest BCUT2D eigenvalue weighted by Gasteiger charge is 2.05. The molecule has 0 atom stereocenters. The molecule has 5 heteroatoms. The molecule has 0 aliphatic rings. The number of aryl methyl sites for hydroxylation is 1. The maximum Gasteiger partial charge on any atom is 0.221 e. The quantitative estimate of drug-likeness (QED) is 0.797. The Balaban J connectivity index is 0.00000128. The van der Waals surface area contributed by atoms with Crippen molar-refractivity contribution in [2.45, 2.75) is 6.92 Å². The zero-order valence-corrected chi connectivity index (χ0v) is 10.2. The van der Waals surface area contributed by atoms with Gasteiger partial charge in [-0.3, -0.25) is 0 Å². The van der Waals surface area contributed by atoms with Crippen molar-refractivity contribution in [2.24, 2.45) is 0 Å².